The maximum atomic E-state index is 11.9. The van der Waals surface area contributed by atoms with E-state index in [9.17, 15) is 8.42 Å². The maximum absolute atomic E-state index is 11.9. The van der Waals surface area contributed by atoms with Crippen molar-refractivity contribution in [3.05, 3.63) is 0 Å². The number of rotatable bonds is 5. The molecule has 0 aromatic rings. The van der Waals surface area contributed by atoms with Crippen LogP contribution in [0, 0.1) is 5.92 Å². The lowest BCUT2D eigenvalue weighted by molar-refractivity contribution is 0.0907. The molecule has 0 radical (unpaired) electrons. The average Bonchev–Trinajstić information content (AvgIpc) is 2.46. The number of nitrogens with zero attached hydrogens (tertiary/aromatic N) is 1. The highest BCUT2D eigenvalue weighted by atomic mass is 32.2. The highest BCUT2D eigenvalue weighted by Crippen LogP contribution is 2.18. The van der Waals surface area contributed by atoms with Gasteiger partial charge < -0.3 is 10.5 Å². The fraction of sp³-hybridized carbons (Fsp3) is 1.00. The number of hydrogen-bond acceptors (Lipinski definition) is 4. The van der Waals surface area contributed by atoms with E-state index in [1.54, 1.807) is 0 Å². The van der Waals surface area contributed by atoms with E-state index in [1.807, 2.05) is 20.8 Å². The van der Waals surface area contributed by atoms with Crippen molar-refractivity contribution >= 4 is 10.0 Å². The van der Waals surface area contributed by atoms with Crippen LogP contribution in [0.1, 0.15) is 20.8 Å². The Labute approximate surface area is 98.0 Å². The molecule has 1 heterocycles. The van der Waals surface area contributed by atoms with E-state index in [-0.39, 0.29) is 30.4 Å². The van der Waals surface area contributed by atoms with E-state index in [4.69, 9.17) is 10.5 Å². The Morgan fingerprint density at radius 3 is 2.50 bits per heavy atom. The summed E-state index contributed by atoms with van der Waals surface area (Å²) in [4.78, 5) is 0. The largest absolute Gasteiger partial charge is 0.378 e. The lowest BCUT2D eigenvalue weighted by atomic mass is 10.1. The standard InChI is InChI=1S/C10H22N2O3S/c1-8(2)15-4-5-16(13,14)12-6-9(3)10(11)7-12/h8-10H,4-7,11H2,1-3H3. The highest BCUT2D eigenvalue weighted by Gasteiger charge is 2.33. The molecule has 6 heteroatoms. The van der Waals surface area contributed by atoms with Crippen LogP contribution in [0.5, 0.6) is 0 Å². The molecular weight excluding hydrogens is 228 g/mol. The molecule has 0 aromatic carbocycles. The SMILES string of the molecule is CC(C)OCCS(=O)(=O)N1CC(C)C(N)C1. The third-order valence-electron chi connectivity index (χ3n) is 2.82. The summed E-state index contributed by atoms with van der Waals surface area (Å²) in [5.41, 5.74) is 5.80. The van der Waals surface area contributed by atoms with Crippen LogP contribution in [0.3, 0.4) is 0 Å². The fourth-order valence-electron chi connectivity index (χ4n) is 1.69. The van der Waals surface area contributed by atoms with Crippen molar-refractivity contribution in [1.29, 1.82) is 0 Å². The van der Waals surface area contributed by atoms with Crippen LogP contribution >= 0.6 is 0 Å². The molecule has 1 aliphatic rings. The summed E-state index contributed by atoms with van der Waals surface area (Å²) in [7, 11) is -3.19. The van der Waals surface area contributed by atoms with Gasteiger partial charge in [0, 0.05) is 19.1 Å². The molecule has 2 N–H and O–H groups in total. The molecule has 1 rings (SSSR count). The first-order valence-corrected chi connectivity index (χ1v) is 7.29. The molecule has 0 bridgehead atoms. The molecule has 2 atom stereocenters. The van der Waals surface area contributed by atoms with Gasteiger partial charge in [-0.25, -0.2) is 8.42 Å². The lowest BCUT2D eigenvalue weighted by Gasteiger charge is -2.16. The van der Waals surface area contributed by atoms with Crippen LogP contribution in [0.2, 0.25) is 0 Å². The predicted octanol–water partition coefficient (Wildman–Crippen LogP) is 0.0202. The van der Waals surface area contributed by atoms with E-state index in [0.717, 1.165) is 0 Å². The number of hydrogen-bond donors (Lipinski definition) is 1. The molecule has 0 aliphatic carbocycles. The minimum Gasteiger partial charge on any atom is -0.378 e. The van der Waals surface area contributed by atoms with E-state index in [1.165, 1.54) is 4.31 Å². The zero-order valence-electron chi connectivity index (χ0n) is 10.2. The number of ether oxygens (including phenoxy) is 1. The first-order valence-electron chi connectivity index (χ1n) is 5.68. The van der Waals surface area contributed by atoms with Crippen molar-refractivity contribution in [3.63, 3.8) is 0 Å². The minimum atomic E-state index is -3.19. The Kier molecular flexibility index (Phi) is 4.73. The van der Waals surface area contributed by atoms with Gasteiger partial charge in [0.2, 0.25) is 10.0 Å². The van der Waals surface area contributed by atoms with Crippen LogP contribution in [0.25, 0.3) is 0 Å². The molecular formula is C10H22N2O3S. The van der Waals surface area contributed by atoms with E-state index >= 15 is 0 Å². The Hall–Kier alpha value is -0.170. The number of nitrogens with two attached hydrogens (primary N) is 1. The highest BCUT2D eigenvalue weighted by molar-refractivity contribution is 7.89. The predicted molar refractivity (Wildman–Crippen MR) is 63.6 cm³/mol. The third-order valence-corrected chi connectivity index (χ3v) is 4.59. The normalized spacial score (nSPS) is 27.8. The lowest BCUT2D eigenvalue weighted by Crippen LogP contribution is -2.35. The van der Waals surface area contributed by atoms with Gasteiger partial charge in [-0.15, -0.1) is 0 Å². The van der Waals surface area contributed by atoms with Crippen molar-refractivity contribution in [3.8, 4) is 0 Å². The monoisotopic (exact) mass is 250 g/mol. The molecule has 0 amide bonds. The van der Waals surface area contributed by atoms with Crippen LogP contribution in [-0.2, 0) is 14.8 Å². The van der Waals surface area contributed by atoms with Gasteiger partial charge in [-0.05, 0) is 19.8 Å². The van der Waals surface area contributed by atoms with Crippen LogP contribution in [0.4, 0.5) is 0 Å². The van der Waals surface area contributed by atoms with Gasteiger partial charge in [-0.1, -0.05) is 6.92 Å². The summed E-state index contributed by atoms with van der Waals surface area (Å²) < 4.78 is 30.5. The summed E-state index contributed by atoms with van der Waals surface area (Å²) in [6, 6.07) is -0.0409. The van der Waals surface area contributed by atoms with Crippen LogP contribution in [0.15, 0.2) is 0 Å². The molecule has 1 fully saturated rings. The second-order valence-corrected chi connectivity index (χ2v) is 6.78. The molecule has 0 saturated carbocycles. The Morgan fingerprint density at radius 2 is 2.06 bits per heavy atom. The van der Waals surface area contributed by atoms with Gasteiger partial charge >= 0.3 is 0 Å². The Morgan fingerprint density at radius 1 is 1.44 bits per heavy atom. The smallest absolute Gasteiger partial charge is 0.216 e. The zero-order chi connectivity index (χ0) is 12.3. The first-order chi connectivity index (χ1) is 7.33. The van der Waals surface area contributed by atoms with Gasteiger partial charge in [-0.3, -0.25) is 0 Å². The molecule has 96 valence electrons. The zero-order valence-corrected chi connectivity index (χ0v) is 11.0. The van der Waals surface area contributed by atoms with Gasteiger partial charge in [0.15, 0.2) is 0 Å². The van der Waals surface area contributed by atoms with Gasteiger partial charge in [0.1, 0.15) is 0 Å². The first kappa shape index (κ1) is 13.9. The quantitative estimate of drug-likeness (QED) is 0.746. The summed E-state index contributed by atoms with van der Waals surface area (Å²) in [6.45, 7) is 6.97. The summed E-state index contributed by atoms with van der Waals surface area (Å²) in [6.07, 6.45) is 0.0648. The Bertz CT molecular complexity index is 306. The Balaban J connectivity index is 2.46. The van der Waals surface area contributed by atoms with Crippen molar-refractivity contribution in [2.75, 3.05) is 25.4 Å². The van der Waals surface area contributed by atoms with Crippen LogP contribution in [-0.4, -0.2) is 50.3 Å². The molecule has 1 saturated heterocycles. The number of sulfonamides is 1. The van der Waals surface area contributed by atoms with Crippen molar-refractivity contribution in [1.82, 2.24) is 4.31 Å². The molecule has 0 spiro atoms. The van der Waals surface area contributed by atoms with Crippen molar-refractivity contribution in [2.24, 2.45) is 11.7 Å². The second-order valence-electron chi connectivity index (χ2n) is 4.69. The maximum Gasteiger partial charge on any atom is 0.216 e. The van der Waals surface area contributed by atoms with Gasteiger partial charge in [0.05, 0.1) is 18.5 Å². The molecule has 1 aliphatic heterocycles. The van der Waals surface area contributed by atoms with E-state index < -0.39 is 10.0 Å². The van der Waals surface area contributed by atoms with Crippen LogP contribution < -0.4 is 5.73 Å². The summed E-state index contributed by atoms with van der Waals surface area (Å²) in [5.74, 6) is 0.283. The third kappa shape index (κ3) is 3.69. The van der Waals surface area contributed by atoms with Gasteiger partial charge in [-0.2, -0.15) is 4.31 Å². The summed E-state index contributed by atoms with van der Waals surface area (Å²) >= 11 is 0. The van der Waals surface area contributed by atoms with Gasteiger partial charge in [0.25, 0.3) is 0 Å². The summed E-state index contributed by atoms with van der Waals surface area (Å²) in [5, 5.41) is 0. The molecule has 5 nitrogen and oxygen atoms in total. The minimum absolute atomic E-state index is 0.0409. The topological polar surface area (TPSA) is 72.6 Å². The molecule has 16 heavy (non-hydrogen) atoms. The fourth-order valence-corrected chi connectivity index (χ4v) is 3.12. The van der Waals surface area contributed by atoms with Crippen molar-refractivity contribution < 1.29 is 13.2 Å². The molecule has 0 aromatic heterocycles. The second kappa shape index (κ2) is 5.44. The van der Waals surface area contributed by atoms with E-state index in [0.29, 0.717) is 13.1 Å². The van der Waals surface area contributed by atoms with E-state index in [2.05, 4.69) is 0 Å². The van der Waals surface area contributed by atoms with Crippen molar-refractivity contribution in [2.45, 2.75) is 32.9 Å². The average molecular weight is 250 g/mol. The molecule has 2 unspecified atom stereocenters.